The highest BCUT2D eigenvalue weighted by Crippen LogP contribution is 2.31. The number of alkyl halides is 4. The van der Waals surface area contributed by atoms with Gasteiger partial charge in [0.15, 0.2) is 15.5 Å². The van der Waals surface area contributed by atoms with E-state index >= 15 is 4.39 Å². The number of amides is 2. The van der Waals surface area contributed by atoms with Gasteiger partial charge in [-0.25, -0.2) is 12.8 Å². The Morgan fingerprint density at radius 3 is 2.47 bits per heavy atom. The van der Waals surface area contributed by atoms with E-state index in [0.29, 0.717) is 0 Å². The van der Waals surface area contributed by atoms with E-state index < -0.39 is 46.1 Å². The van der Waals surface area contributed by atoms with E-state index in [1.807, 2.05) is 0 Å². The van der Waals surface area contributed by atoms with Crippen LogP contribution in [0, 0.1) is 11.8 Å². The van der Waals surface area contributed by atoms with Crippen LogP contribution in [0.5, 0.6) is 0 Å². The van der Waals surface area contributed by atoms with Crippen molar-refractivity contribution in [1.82, 2.24) is 15.1 Å². The van der Waals surface area contributed by atoms with E-state index in [9.17, 15) is 31.2 Å². The lowest BCUT2D eigenvalue weighted by atomic mass is 9.95. The van der Waals surface area contributed by atoms with Crippen molar-refractivity contribution in [3.05, 3.63) is 11.5 Å². The van der Waals surface area contributed by atoms with Gasteiger partial charge in [-0.05, 0) is 25.7 Å². The van der Waals surface area contributed by atoms with Gasteiger partial charge in [0.25, 0.3) is 5.91 Å². The number of nitrogens with one attached hydrogen (secondary N) is 1. The van der Waals surface area contributed by atoms with Gasteiger partial charge in [-0.2, -0.15) is 13.2 Å². The molecule has 2 aliphatic rings. The van der Waals surface area contributed by atoms with Crippen molar-refractivity contribution in [3.63, 3.8) is 0 Å². The molecule has 2 rings (SSSR count). The van der Waals surface area contributed by atoms with E-state index in [1.54, 1.807) is 6.92 Å². The Morgan fingerprint density at radius 2 is 1.88 bits per heavy atom. The van der Waals surface area contributed by atoms with E-state index in [-0.39, 0.29) is 57.3 Å². The van der Waals surface area contributed by atoms with Crippen LogP contribution in [-0.2, 0) is 19.4 Å². The third-order valence-corrected chi connectivity index (χ3v) is 6.53. The zero-order valence-electron chi connectivity index (χ0n) is 18.5. The van der Waals surface area contributed by atoms with Gasteiger partial charge in [0.1, 0.15) is 0 Å². The molecular formula is C20H31F4N3O4S. The quantitative estimate of drug-likeness (QED) is 0.581. The number of carbonyl (C=O) groups excluding carboxylic acids is 2. The van der Waals surface area contributed by atoms with Gasteiger partial charge in [0.05, 0.1) is 12.5 Å². The van der Waals surface area contributed by atoms with Crippen LogP contribution in [0.1, 0.15) is 33.1 Å². The van der Waals surface area contributed by atoms with Gasteiger partial charge in [-0.1, -0.05) is 13.0 Å². The predicted molar refractivity (Wildman–Crippen MR) is 111 cm³/mol. The Labute approximate surface area is 186 Å². The summed E-state index contributed by atoms with van der Waals surface area (Å²) in [6.45, 7) is 2.56. The van der Waals surface area contributed by atoms with Crippen molar-refractivity contribution in [2.45, 2.75) is 51.0 Å². The molecule has 32 heavy (non-hydrogen) atoms. The normalized spacial score (nSPS) is 29.2. The fourth-order valence-electron chi connectivity index (χ4n) is 4.20. The lowest BCUT2D eigenvalue weighted by molar-refractivity contribution is -0.146. The zero-order valence-corrected chi connectivity index (χ0v) is 19.3. The monoisotopic (exact) mass is 485 g/mol. The van der Waals surface area contributed by atoms with Crippen molar-refractivity contribution in [2.75, 3.05) is 39.0 Å². The summed E-state index contributed by atoms with van der Waals surface area (Å²) in [5, 5.41) is 3.37. The van der Waals surface area contributed by atoms with Crippen LogP contribution in [0.2, 0.25) is 0 Å². The summed E-state index contributed by atoms with van der Waals surface area (Å²) in [5.41, 5.74) is -2.22. The second-order valence-corrected chi connectivity index (χ2v) is 10.9. The fraction of sp³-hybridized carbons (Fsp3) is 0.800. The lowest BCUT2D eigenvalue weighted by Gasteiger charge is -2.27. The van der Waals surface area contributed by atoms with Crippen LogP contribution in [0.3, 0.4) is 0 Å². The molecular weight excluding hydrogens is 454 g/mol. The average Bonchev–Trinajstić information content (AvgIpc) is 2.86. The first kappa shape index (κ1) is 26.6. The summed E-state index contributed by atoms with van der Waals surface area (Å²) in [6.07, 6.45) is -2.20. The average molecular weight is 486 g/mol. The van der Waals surface area contributed by atoms with Crippen LogP contribution < -0.4 is 5.32 Å². The Balaban J connectivity index is 1.96. The summed E-state index contributed by atoms with van der Waals surface area (Å²) in [4.78, 5) is 28.1. The zero-order chi connectivity index (χ0) is 24.3. The summed E-state index contributed by atoms with van der Waals surface area (Å²) in [5.74, 6) is -2.03. The van der Waals surface area contributed by atoms with Crippen LogP contribution in [0.25, 0.3) is 0 Å². The maximum atomic E-state index is 15.4. The topological polar surface area (TPSA) is 86.8 Å². The van der Waals surface area contributed by atoms with Gasteiger partial charge in [-0.15, -0.1) is 0 Å². The molecule has 0 saturated carbocycles. The lowest BCUT2D eigenvalue weighted by Crippen LogP contribution is -2.47. The first-order valence-electron chi connectivity index (χ1n) is 10.6. The van der Waals surface area contributed by atoms with Crippen LogP contribution in [-0.4, -0.2) is 86.9 Å². The molecule has 0 aromatic heterocycles. The van der Waals surface area contributed by atoms with Gasteiger partial charge in [0, 0.05) is 50.3 Å². The molecule has 2 fully saturated rings. The van der Waals surface area contributed by atoms with Crippen LogP contribution in [0.4, 0.5) is 17.6 Å². The van der Waals surface area contributed by atoms with Crippen LogP contribution in [0.15, 0.2) is 11.5 Å². The summed E-state index contributed by atoms with van der Waals surface area (Å²) >= 11 is 0. The minimum Gasteiger partial charge on any atom is -0.347 e. The van der Waals surface area contributed by atoms with Crippen molar-refractivity contribution in [3.8, 4) is 0 Å². The number of halogens is 4. The van der Waals surface area contributed by atoms with Gasteiger partial charge in [-0.3, -0.25) is 14.5 Å². The van der Waals surface area contributed by atoms with Crippen molar-refractivity contribution >= 4 is 21.7 Å². The maximum Gasteiger partial charge on any atom is 0.401 e. The number of carbonyl (C=O) groups is 2. The first-order chi connectivity index (χ1) is 14.6. The Morgan fingerprint density at radius 1 is 1.22 bits per heavy atom. The molecule has 0 bridgehead atoms. The SMILES string of the molecule is C[C@H](/C=C\S(C)(=O)=O)NC(=O)[C@@]1(F)CCCN(C(=O)[C@H]2CN(CC(F)(F)F)C[C@H]2C)CC1. The second-order valence-electron chi connectivity index (χ2n) is 8.96. The number of nitrogens with zero attached hydrogens (tertiary/aromatic N) is 2. The fourth-order valence-corrected chi connectivity index (χ4v) is 4.72. The van der Waals surface area contributed by atoms with Gasteiger partial charge < -0.3 is 10.2 Å². The molecule has 0 aromatic carbocycles. The van der Waals surface area contributed by atoms with Crippen molar-refractivity contribution in [2.24, 2.45) is 11.8 Å². The smallest absolute Gasteiger partial charge is 0.347 e. The van der Waals surface area contributed by atoms with Gasteiger partial charge >= 0.3 is 6.18 Å². The largest absolute Gasteiger partial charge is 0.401 e. The summed E-state index contributed by atoms with van der Waals surface area (Å²) in [6, 6.07) is -0.704. The van der Waals surface area contributed by atoms with E-state index in [1.165, 1.54) is 22.8 Å². The summed E-state index contributed by atoms with van der Waals surface area (Å²) in [7, 11) is -3.38. The highest BCUT2D eigenvalue weighted by Gasteiger charge is 2.44. The molecule has 184 valence electrons. The van der Waals surface area contributed by atoms with Crippen LogP contribution >= 0.6 is 0 Å². The predicted octanol–water partition coefficient (Wildman–Crippen LogP) is 1.90. The molecule has 2 aliphatic heterocycles. The third-order valence-electron chi connectivity index (χ3n) is 5.88. The Hall–Kier alpha value is -1.69. The standard InChI is InChI=1S/C20H31F4N3O4S/c1-14-11-26(13-20(22,23)24)12-16(14)17(28)27-8-4-6-19(21,7-9-27)18(29)25-15(2)5-10-32(3,30)31/h5,10,14-16H,4,6-9,11-13H2,1-3H3,(H,25,29)/b10-5-/t14-,15-,16+,19-/m1/s1. The molecule has 1 N–H and O–H groups in total. The minimum absolute atomic E-state index is 0.00144. The molecule has 0 radical (unpaired) electrons. The Kier molecular flexibility index (Phi) is 8.35. The highest BCUT2D eigenvalue weighted by molar-refractivity contribution is 7.93. The molecule has 4 atom stereocenters. The number of sulfone groups is 1. The minimum atomic E-state index is -4.34. The number of hydrogen-bond donors (Lipinski definition) is 1. The number of hydrogen-bond acceptors (Lipinski definition) is 5. The van der Waals surface area contributed by atoms with Crippen molar-refractivity contribution < 1.29 is 35.6 Å². The first-order valence-corrected chi connectivity index (χ1v) is 12.5. The number of rotatable bonds is 6. The van der Waals surface area contributed by atoms with E-state index in [4.69, 9.17) is 0 Å². The Bertz CT molecular complexity index is 833. The molecule has 0 aromatic rings. The highest BCUT2D eigenvalue weighted by atomic mass is 32.2. The van der Waals surface area contributed by atoms with Gasteiger partial charge in [0.2, 0.25) is 5.91 Å². The van der Waals surface area contributed by atoms with E-state index in [0.717, 1.165) is 11.7 Å². The molecule has 12 heteroatoms. The van der Waals surface area contributed by atoms with Crippen molar-refractivity contribution in [1.29, 1.82) is 0 Å². The molecule has 0 spiro atoms. The second kappa shape index (κ2) is 10.1. The molecule has 2 amide bonds. The maximum absolute atomic E-state index is 15.4. The number of likely N-dealkylation sites (tertiary alicyclic amines) is 2. The molecule has 0 aliphatic carbocycles. The molecule has 2 heterocycles. The third kappa shape index (κ3) is 7.72. The molecule has 7 nitrogen and oxygen atoms in total. The van der Waals surface area contributed by atoms with E-state index in [2.05, 4.69) is 5.32 Å². The summed E-state index contributed by atoms with van der Waals surface area (Å²) < 4.78 is 75.8. The molecule has 0 unspecified atom stereocenters. The molecule has 2 saturated heterocycles.